The summed E-state index contributed by atoms with van der Waals surface area (Å²) in [6, 6.07) is 0.111. The molecule has 78 valence electrons. The Balaban J connectivity index is 3.38. The van der Waals surface area contributed by atoms with Crippen LogP contribution in [0.1, 0.15) is 20.3 Å². The van der Waals surface area contributed by atoms with Gasteiger partial charge in [0.15, 0.2) is 0 Å². The van der Waals surface area contributed by atoms with E-state index in [0.717, 1.165) is 12.2 Å². The second kappa shape index (κ2) is 8.38. The van der Waals surface area contributed by atoms with E-state index >= 15 is 0 Å². The summed E-state index contributed by atoms with van der Waals surface area (Å²) in [7, 11) is 1.63. The van der Waals surface area contributed by atoms with E-state index < -0.39 is 0 Å². The van der Waals surface area contributed by atoms with Gasteiger partial charge < -0.3 is 10.1 Å². The average Bonchev–Trinajstić information content (AvgIpc) is 2.05. The molecule has 0 aromatic carbocycles. The third-order valence-corrected chi connectivity index (χ3v) is 2.57. The van der Waals surface area contributed by atoms with Gasteiger partial charge in [-0.1, -0.05) is 6.92 Å². The minimum absolute atomic E-state index is 0.100. The van der Waals surface area contributed by atoms with Gasteiger partial charge in [0.05, 0.1) is 12.4 Å². The molecule has 0 aliphatic carbocycles. The predicted octanol–water partition coefficient (Wildman–Crippen LogP) is 1.28. The molecule has 1 amide bonds. The molecule has 0 fully saturated rings. The fourth-order valence-electron chi connectivity index (χ4n) is 0.917. The number of hydrogen-bond acceptors (Lipinski definition) is 3. The number of ether oxygens (including phenoxy) is 1. The maximum atomic E-state index is 11.2. The van der Waals surface area contributed by atoms with Crippen LogP contribution in [0.3, 0.4) is 0 Å². The summed E-state index contributed by atoms with van der Waals surface area (Å²) in [5.41, 5.74) is 0. The smallest absolute Gasteiger partial charge is 0.230 e. The van der Waals surface area contributed by atoms with E-state index in [2.05, 4.69) is 12.2 Å². The number of carbonyl (C=O) groups excluding carboxylic acids is 1. The van der Waals surface area contributed by atoms with Gasteiger partial charge in [-0.3, -0.25) is 4.79 Å². The Hall–Kier alpha value is -0.220. The number of methoxy groups -OCH3 is 1. The standard InChI is InChI=1S/C9H19NO2S/c1-4-5-13-7-9(11)10-8(2)6-12-3/h8H,4-7H2,1-3H3,(H,10,11). The van der Waals surface area contributed by atoms with Crippen LogP contribution in [0.4, 0.5) is 0 Å². The first-order chi connectivity index (χ1) is 6.20. The molecule has 1 N–H and O–H groups in total. The lowest BCUT2D eigenvalue weighted by Gasteiger charge is -2.12. The molecule has 0 spiro atoms. The zero-order chi connectivity index (χ0) is 10.1. The Morgan fingerprint density at radius 1 is 1.62 bits per heavy atom. The van der Waals surface area contributed by atoms with Crippen molar-refractivity contribution in [2.24, 2.45) is 0 Å². The van der Waals surface area contributed by atoms with Gasteiger partial charge in [0.1, 0.15) is 0 Å². The van der Waals surface area contributed by atoms with Gasteiger partial charge in [-0.25, -0.2) is 0 Å². The zero-order valence-corrected chi connectivity index (χ0v) is 9.45. The maximum Gasteiger partial charge on any atom is 0.230 e. The molecule has 0 aliphatic rings. The summed E-state index contributed by atoms with van der Waals surface area (Å²) >= 11 is 1.67. The Labute approximate surface area is 84.6 Å². The summed E-state index contributed by atoms with van der Waals surface area (Å²) in [5, 5.41) is 2.85. The summed E-state index contributed by atoms with van der Waals surface area (Å²) in [5.74, 6) is 1.71. The molecule has 0 aromatic heterocycles. The highest BCUT2D eigenvalue weighted by atomic mass is 32.2. The zero-order valence-electron chi connectivity index (χ0n) is 8.63. The topological polar surface area (TPSA) is 38.3 Å². The van der Waals surface area contributed by atoms with E-state index in [4.69, 9.17) is 4.74 Å². The van der Waals surface area contributed by atoms with Crippen molar-refractivity contribution in [1.82, 2.24) is 5.32 Å². The Kier molecular flexibility index (Phi) is 8.24. The molecule has 0 bridgehead atoms. The van der Waals surface area contributed by atoms with Crippen LogP contribution in [0.15, 0.2) is 0 Å². The highest BCUT2D eigenvalue weighted by molar-refractivity contribution is 7.99. The summed E-state index contributed by atoms with van der Waals surface area (Å²) in [4.78, 5) is 11.2. The lowest BCUT2D eigenvalue weighted by Crippen LogP contribution is -2.36. The molecule has 0 saturated heterocycles. The number of carbonyl (C=O) groups is 1. The average molecular weight is 205 g/mol. The van der Waals surface area contributed by atoms with E-state index in [9.17, 15) is 4.79 Å². The first-order valence-electron chi connectivity index (χ1n) is 4.56. The van der Waals surface area contributed by atoms with Gasteiger partial charge in [0, 0.05) is 13.2 Å². The molecule has 13 heavy (non-hydrogen) atoms. The maximum absolute atomic E-state index is 11.2. The highest BCUT2D eigenvalue weighted by Crippen LogP contribution is 2.00. The molecular weight excluding hydrogens is 186 g/mol. The van der Waals surface area contributed by atoms with Crippen LogP contribution < -0.4 is 5.32 Å². The molecule has 0 saturated carbocycles. The number of amides is 1. The SMILES string of the molecule is CCCSCC(=O)NC(C)COC. The predicted molar refractivity (Wildman–Crippen MR) is 57.1 cm³/mol. The van der Waals surface area contributed by atoms with Gasteiger partial charge >= 0.3 is 0 Å². The fraction of sp³-hybridized carbons (Fsp3) is 0.889. The Morgan fingerprint density at radius 3 is 2.85 bits per heavy atom. The molecule has 0 rings (SSSR count). The number of thioether (sulfide) groups is 1. The Morgan fingerprint density at radius 2 is 2.31 bits per heavy atom. The molecule has 0 aromatic rings. The first-order valence-corrected chi connectivity index (χ1v) is 5.72. The van der Waals surface area contributed by atoms with Crippen LogP contribution >= 0.6 is 11.8 Å². The third kappa shape index (κ3) is 8.12. The van der Waals surface area contributed by atoms with Crippen LogP contribution in [0.2, 0.25) is 0 Å². The van der Waals surface area contributed by atoms with Crippen LogP contribution in [-0.4, -0.2) is 37.2 Å². The van der Waals surface area contributed by atoms with E-state index in [-0.39, 0.29) is 11.9 Å². The first kappa shape index (κ1) is 12.8. The molecule has 3 nitrogen and oxygen atoms in total. The third-order valence-electron chi connectivity index (χ3n) is 1.41. The summed E-state index contributed by atoms with van der Waals surface area (Å²) in [6.07, 6.45) is 1.12. The summed E-state index contributed by atoms with van der Waals surface area (Å²) < 4.78 is 4.91. The number of hydrogen-bond donors (Lipinski definition) is 1. The van der Waals surface area contributed by atoms with Gasteiger partial charge in [-0.2, -0.15) is 11.8 Å². The van der Waals surface area contributed by atoms with Crippen molar-refractivity contribution in [3.63, 3.8) is 0 Å². The molecule has 0 heterocycles. The van der Waals surface area contributed by atoms with Crippen LogP contribution in [0.5, 0.6) is 0 Å². The quantitative estimate of drug-likeness (QED) is 0.636. The second-order valence-electron chi connectivity index (χ2n) is 2.98. The highest BCUT2D eigenvalue weighted by Gasteiger charge is 2.05. The molecule has 4 heteroatoms. The van der Waals surface area contributed by atoms with E-state index in [0.29, 0.717) is 12.4 Å². The van der Waals surface area contributed by atoms with Crippen molar-refractivity contribution in [2.75, 3.05) is 25.2 Å². The van der Waals surface area contributed by atoms with Crippen LogP contribution in [0.25, 0.3) is 0 Å². The minimum Gasteiger partial charge on any atom is -0.383 e. The normalized spacial score (nSPS) is 12.5. The summed E-state index contributed by atoms with van der Waals surface area (Å²) in [6.45, 7) is 4.62. The van der Waals surface area contributed by atoms with Crippen molar-refractivity contribution in [3.8, 4) is 0 Å². The van der Waals surface area contributed by atoms with E-state index in [1.165, 1.54) is 0 Å². The van der Waals surface area contributed by atoms with Crippen molar-refractivity contribution in [3.05, 3.63) is 0 Å². The van der Waals surface area contributed by atoms with Gasteiger partial charge in [0.25, 0.3) is 0 Å². The van der Waals surface area contributed by atoms with Crippen LogP contribution in [-0.2, 0) is 9.53 Å². The fourth-order valence-corrected chi connectivity index (χ4v) is 1.62. The molecule has 0 aliphatic heterocycles. The van der Waals surface area contributed by atoms with Crippen molar-refractivity contribution in [2.45, 2.75) is 26.3 Å². The number of nitrogens with one attached hydrogen (secondary N) is 1. The molecule has 1 atom stereocenters. The van der Waals surface area contributed by atoms with Crippen molar-refractivity contribution >= 4 is 17.7 Å². The molecule has 0 radical (unpaired) electrons. The Bertz CT molecular complexity index is 142. The molecule has 1 unspecified atom stereocenters. The van der Waals surface area contributed by atoms with E-state index in [1.807, 2.05) is 6.92 Å². The monoisotopic (exact) mass is 205 g/mol. The lowest BCUT2D eigenvalue weighted by molar-refractivity contribution is -0.119. The van der Waals surface area contributed by atoms with Crippen molar-refractivity contribution < 1.29 is 9.53 Å². The minimum atomic E-state index is 0.100. The van der Waals surface area contributed by atoms with Crippen LogP contribution in [0, 0.1) is 0 Å². The van der Waals surface area contributed by atoms with Crippen molar-refractivity contribution in [1.29, 1.82) is 0 Å². The van der Waals surface area contributed by atoms with Gasteiger partial charge in [-0.15, -0.1) is 0 Å². The van der Waals surface area contributed by atoms with Gasteiger partial charge in [-0.05, 0) is 19.1 Å². The second-order valence-corrected chi connectivity index (χ2v) is 4.08. The van der Waals surface area contributed by atoms with Gasteiger partial charge in [0.2, 0.25) is 5.91 Å². The van der Waals surface area contributed by atoms with E-state index in [1.54, 1.807) is 18.9 Å². The number of rotatable bonds is 7. The largest absolute Gasteiger partial charge is 0.383 e. The lowest BCUT2D eigenvalue weighted by atomic mass is 10.3. The molecular formula is C9H19NO2S.